The van der Waals surface area contributed by atoms with Gasteiger partial charge in [0.05, 0.1) is 12.2 Å². The van der Waals surface area contributed by atoms with Crippen molar-refractivity contribution in [3.63, 3.8) is 0 Å². The standard InChI is InChI=1S/C15H21ClN2O2.ClH/c1-3-10-20-14-5-4-12(16)11-13(14)15(19)18-8-6-17(2)7-9-18;/h4-5,11H,3,6-10H2,1-2H3;1H. The van der Waals surface area contributed by atoms with E-state index in [2.05, 4.69) is 11.9 Å². The van der Waals surface area contributed by atoms with Gasteiger partial charge in [-0.15, -0.1) is 12.4 Å². The first-order valence-corrected chi connectivity index (χ1v) is 7.39. The van der Waals surface area contributed by atoms with Crippen LogP contribution in [0, 0.1) is 0 Å². The summed E-state index contributed by atoms with van der Waals surface area (Å²) >= 11 is 6.02. The van der Waals surface area contributed by atoms with E-state index in [0.717, 1.165) is 32.6 Å². The zero-order valence-electron chi connectivity index (χ0n) is 12.5. The summed E-state index contributed by atoms with van der Waals surface area (Å²) in [7, 11) is 2.07. The van der Waals surface area contributed by atoms with Crippen LogP contribution in [0.2, 0.25) is 5.02 Å². The van der Waals surface area contributed by atoms with Gasteiger partial charge in [0, 0.05) is 31.2 Å². The third-order valence-corrected chi connectivity index (χ3v) is 3.66. The minimum absolute atomic E-state index is 0. The molecule has 21 heavy (non-hydrogen) atoms. The summed E-state index contributed by atoms with van der Waals surface area (Å²) in [6.07, 6.45) is 0.908. The van der Waals surface area contributed by atoms with E-state index in [9.17, 15) is 4.79 Å². The van der Waals surface area contributed by atoms with Crippen LogP contribution < -0.4 is 4.74 Å². The van der Waals surface area contributed by atoms with Gasteiger partial charge in [-0.2, -0.15) is 0 Å². The molecule has 1 fully saturated rings. The first-order valence-electron chi connectivity index (χ1n) is 7.02. The van der Waals surface area contributed by atoms with Crippen LogP contribution in [0.15, 0.2) is 18.2 Å². The lowest BCUT2D eigenvalue weighted by molar-refractivity contribution is 0.0660. The van der Waals surface area contributed by atoms with Crippen LogP contribution in [0.25, 0.3) is 0 Å². The molecule has 1 aliphatic heterocycles. The molecule has 6 heteroatoms. The van der Waals surface area contributed by atoms with E-state index in [0.29, 0.717) is 22.9 Å². The molecular weight excluding hydrogens is 311 g/mol. The molecule has 4 nitrogen and oxygen atoms in total. The molecule has 0 aliphatic carbocycles. The Hall–Kier alpha value is -0.970. The highest BCUT2D eigenvalue weighted by Gasteiger charge is 2.23. The number of halogens is 2. The molecule has 0 unspecified atom stereocenters. The van der Waals surface area contributed by atoms with Gasteiger partial charge in [-0.25, -0.2) is 0 Å². The Morgan fingerprint density at radius 3 is 2.57 bits per heavy atom. The number of benzene rings is 1. The van der Waals surface area contributed by atoms with Crippen LogP contribution in [0.1, 0.15) is 23.7 Å². The zero-order valence-corrected chi connectivity index (χ0v) is 14.0. The van der Waals surface area contributed by atoms with Gasteiger partial charge in [-0.1, -0.05) is 18.5 Å². The summed E-state index contributed by atoms with van der Waals surface area (Å²) in [5, 5.41) is 0.561. The molecular formula is C15H22Cl2N2O2. The third kappa shape index (κ3) is 4.77. The van der Waals surface area contributed by atoms with E-state index in [4.69, 9.17) is 16.3 Å². The SMILES string of the molecule is CCCOc1ccc(Cl)cc1C(=O)N1CCN(C)CC1.Cl. The topological polar surface area (TPSA) is 32.8 Å². The predicted molar refractivity (Wildman–Crippen MR) is 87.9 cm³/mol. The van der Waals surface area contributed by atoms with Crippen molar-refractivity contribution in [2.24, 2.45) is 0 Å². The fourth-order valence-electron chi connectivity index (χ4n) is 2.19. The van der Waals surface area contributed by atoms with Crippen molar-refractivity contribution in [1.29, 1.82) is 0 Å². The highest BCUT2D eigenvalue weighted by Crippen LogP contribution is 2.25. The summed E-state index contributed by atoms with van der Waals surface area (Å²) in [6, 6.07) is 5.24. The summed E-state index contributed by atoms with van der Waals surface area (Å²) in [4.78, 5) is 16.7. The van der Waals surface area contributed by atoms with Crippen LogP contribution >= 0.6 is 24.0 Å². The van der Waals surface area contributed by atoms with Gasteiger partial charge in [-0.3, -0.25) is 4.79 Å². The Balaban J connectivity index is 0.00000220. The number of hydrogen-bond donors (Lipinski definition) is 0. The van der Waals surface area contributed by atoms with Crippen LogP contribution in [-0.4, -0.2) is 55.5 Å². The van der Waals surface area contributed by atoms with Crippen molar-refractivity contribution in [3.05, 3.63) is 28.8 Å². The molecule has 0 saturated carbocycles. The lowest BCUT2D eigenvalue weighted by Gasteiger charge is -2.32. The Morgan fingerprint density at radius 2 is 1.95 bits per heavy atom. The second kappa shape index (κ2) is 8.47. The van der Waals surface area contributed by atoms with E-state index in [1.165, 1.54) is 0 Å². The largest absolute Gasteiger partial charge is 0.493 e. The molecule has 0 spiro atoms. The Bertz CT molecular complexity index is 475. The van der Waals surface area contributed by atoms with Gasteiger partial charge >= 0.3 is 0 Å². The smallest absolute Gasteiger partial charge is 0.257 e. The van der Waals surface area contributed by atoms with Crippen LogP contribution in [-0.2, 0) is 0 Å². The summed E-state index contributed by atoms with van der Waals surface area (Å²) in [6.45, 7) is 5.93. The second-order valence-electron chi connectivity index (χ2n) is 5.08. The van der Waals surface area contributed by atoms with Gasteiger partial charge in [0.25, 0.3) is 5.91 Å². The molecule has 1 saturated heterocycles. The minimum atomic E-state index is 0. The Morgan fingerprint density at radius 1 is 1.29 bits per heavy atom. The molecule has 0 atom stereocenters. The van der Waals surface area contributed by atoms with Gasteiger partial charge in [0.1, 0.15) is 5.75 Å². The first-order chi connectivity index (χ1) is 9.61. The molecule has 1 amide bonds. The molecule has 0 bridgehead atoms. The van der Waals surface area contributed by atoms with Crippen molar-refractivity contribution >= 4 is 29.9 Å². The maximum absolute atomic E-state index is 12.6. The van der Waals surface area contributed by atoms with Crippen molar-refractivity contribution < 1.29 is 9.53 Å². The maximum atomic E-state index is 12.6. The lowest BCUT2D eigenvalue weighted by atomic mass is 10.1. The van der Waals surface area contributed by atoms with Crippen LogP contribution in [0.5, 0.6) is 5.75 Å². The molecule has 0 aromatic heterocycles. The van der Waals surface area contributed by atoms with Gasteiger partial charge in [-0.05, 0) is 31.7 Å². The summed E-state index contributed by atoms with van der Waals surface area (Å²) in [5.41, 5.74) is 0.565. The van der Waals surface area contributed by atoms with Crippen molar-refractivity contribution in [1.82, 2.24) is 9.80 Å². The molecule has 1 aromatic rings. The number of rotatable bonds is 4. The molecule has 1 heterocycles. The van der Waals surface area contributed by atoms with Crippen LogP contribution in [0.4, 0.5) is 0 Å². The molecule has 0 radical (unpaired) electrons. The molecule has 2 rings (SSSR count). The maximum Gasteiger partial charge on any atom is 0.257 e. The van der Waals surface area contributed by atoms with E-state index < -0.39 is 0 Å². The number of piperazine rings is 1. The van der Waals surface area contributed by atoms with Gasteiger partial charge in [0.15, 0.2) is 0 Å². The van der Waals surface area contributed by atoms with Crippen LogP contribution in [0.3, 0.4) is 0 Å². The van der Waals surface area contributed by atoms with E-state index in [1.54, 1.807) is 18.2 Å². The molecule has 118 valence electrons. The average Bonchev–Trinajstić information content (AvgIpc) is 2.46. The van der Waals surface area contributed by atoms with Gasteiger partial charge in [0.2, 0.25) is 0 Å². The number of hydrogen-bond acceptors (Lipinski definition) is 3. The normalized spacial score (nSPS) is 15.5. The zero-order chi connectivity index (χ0) is 14.5. The Kier molecular flexibility index (Phi) is 7.29. The fraction of sp³-hybridized carbons (Fsp3) is 0.533. The predicted octanol–water partition coefficient (Wildman–Crippen LogP) is 2.94. The minimum Gasteiger partial charge on any atom is -0.493 e. The molecule has 1 aromatic carbocycles. The quantitative estimate of drug-likeness (QED) is 0.849. The van der Waals surface area contributed by atoms with Crippen molar-refractivity contribution in [3.8, 4) is 5.75 Å². The number of carbonyl (C=O) groups excluding carboxylic acids is 1. The van der Waals surface area contributed by atoms with Crippen molar-refractivity contribution in [2.75, 3.05) is 39.8 Å². The molecule has 0 N–H and O–H groups in total. The third-order valence-electron chi connectivity index (χ3n) is 3.42. The first kappa shape index (κ1) is 18.1. The number of amides is 1. The highest BCUT2D eigenvalue weighted by atomic mass is 35.5. The number of ether oxygens (including phenoxy) is 1. The lowest BCUT2D eigenvalue weighted by Crippen LogP contribution is -2.47. The average molecular weight is 333 g/mol. The monoisotopic (exact) mass is 332 g/mol. The number of carbonyl (C=O) groups is 1. The second-order valence-corrected chi connectivity index (χ2v) is 5.52. The highest BCUT2D eigenvalue weighted by molar-refractivity contribution is 6.31. The van der Waals surface area contributed by atoms with Crippen molar-refractivity contribution in [2.45, 2.75) is 13.3 Å². The van der Waals surface area contributed by atoms with E-state index >= 15 is 0 Å². The fourth-order valence-corrected chi connectivity index (χ4v) is 2.36. The Labute approximate surface area is 137 Å². The molecule has 1 aliphatic rings. The van der Waals surface area contributed by atoms with E-state index in [1.807, 2.05) is 11.8 Å². The number of likely N-dealkylation sites (N-methyl/N-ethyl adjacent to an activating group) is 1. The number of nitrogens with zero attached hydrogens (tertiary/aromatic N) is 2. The summed E-state index contributed by atoms with van der Waals surface area (Å²) < 4.78 is 5.66. The van der Waals surface area contributed by atoms with Gasteiger partial charge < -0.3 is 14.5 Å². The summed E-state index contributed by atoms with van der Waals surface area (Å²) in [5.74, 6) is 0.631. The van der Waals surface area contributed by atoms with E-state index in [-0.39, 0.29) is 18.3 Å².